The van der Waals surface area contributed by atoms with Gasteiger partial charge in [-0.1, -0.05) is 48.0 Å². The first-order valence-corrected chi connectivity index (χ1v) is 12.2. The van der Waals surface area contributed by atoms with Gasteiger partial charge in [0, 0.05) is 10.6 Å². The molecule has 0 saturated carbocycles. The summed E-state index contributed by atoms with van der Waals surface area (Å²) in [6, 6.07) is 19.9. The van der Waals surface area contributed by atoms with E-state index in [1.165, 1.54) is 4.90 Å². The van der Waals surface area contributed by atoms with Crippen molar-refractivity contribution in [1.29, 1.82) is 0 Å². The topological polar surface area (TPSA) is 74.3 Å². The van der Waals surface area contributed by atoms with E-state index in [1.807, 2.05) is 30.3 Å². The number of imide groups is 1. The quantitative estimate of drug-likeness (QED) is 0.298. The minimum absolute atomic E-state index is 0.120. The summed E-state index contributed by atoms with van der Waals surface area (Å²) in [6.45, 7) is 0.519. The zero-order valence-electron chi connectivity index (χ0n) is 19.7. The number of carbonyl (C=O) groups excluding carboxylic acids is 2. The van der Waals surface area contributed by atoms with Crippen LogP contribution in [0.2, 0.25) is 5.02 Å². The minimum Gasteiger partial charge on any atom is -0.493 e. The number of rotatable bonds is 10. The Kier molecular flexibility index (Phi) is 8.40. The number of carbonyl (C=O) groups is 2. The van der Waals surface area contributed by atoms with E-state index in [1.54, 1.807) is 56.7 Å². The molecule has 0 aromatic heterocycles. The van der Waals surface area contributed by atoms with Crippen molar-refractivity contribution in [3.63, 3.8) is 0 Å². The molecule has 0 spiro atoms. The zero-order valence-corrected chi connectivity index (χ0v) is 21.3. The molecule has 1 aliphatic rings. The van der Waals surface area contributed by atoms with Crippen molar-refractivity contribution in [2.75, 3.05) is 27.4 Å². The lowest BCUT2D eigenvalue weighted by Crippen LogP contribution is -2.32. The molecule has 1 aliphatic heterocycles. The van der Waals surface area contributed by atoms with Gasteiger partial charge >= 0.3 is 0 Å². The van der Waals surface area contributed by atoms with Gasteiger partial charge in [-0.25, -0.2) is 0 Å². The Morgan fingerprint density at radius 3 is 2.31 bits per heavy atom. The first-order valence-electron chi connectivity index (χ1n) is 11.1. The van der Waals surface area contributed by atoms with E-state index in [9.17, 15) is 9.59 Å². The number of thioether (sulfide) groups is 1. The van der Waals surface area contributed by atoms with Crippen molar-refractivity contribution in [2.24, 2.45) is 0 Å². The highest BCUT2D eigenvalue weighted by molar-refractivity contribution is 8.18. The third-order valence-electron chi connectivity index (χ3n) is 5.34. The summed E-state index contributed by atoms with van der Waals surface area (Å²) in [5, 5.41) is 0.259. The molecule has 0 unspecified atom stereocenters. The van der Waals surface area contributed by atoms with Crippen molar-refractivity contribution in [3.05, 3.63) is 87.8 Å². The Bertz CT molecular complexity index is 1290. The van der Waals surface area contributed by atoms with Crippen LogP contribution in [0.25, 0.3) is 6.08 Å². The molecule has 0 atom stereocenters. The molecule has 36 heavy (non-hydrogen) atoms. The fourth-order valence-corrected chi connectivity index (χ4v) is 4.55. The van der Waals surface area contributed by atoms with E-state index >= 15 is 0 Å². The van der Waals surface area contributed by atoms with Crippen LogP contribution in [-0.4, -0.2) is 43.4 Å². The first-order chi connectivity index (χ1) is 17.5. The highest BCUT2D eigenvalue weighted by Gasteiger charge is 2.34. The molecule has 3 aromatic rings. The van der Waals surface area contributed by atoms with E-state index < -0.39 is 0 Å². The fourth-order valence-electron chi connectivity index (χ4n) is 3.50. The van der Waals surface area contributed by atoms with Crippen LogP contribution in [0.5, 0.6) is 23.0 Å². The standard InChI is InChI=1S/C27H24ClNO6S/c1-32-21-9-5-6-10-23(21)34-14-13-29-26(30)25(36-27(29)31)16-18-11-12-22(33-2)24(15-18)35-17-19-7-3-4-8-20(19)28/h3-12,15-16H,13-14,17H2,1-2H3/b25-16-. The molecule has 0 N–H and O–H groups in total. The number of amides is 2. The first kappa shape index (κ1) is 25.5. The third kappa shape index (κ3) is 5.95. The zero-order chi connectivity index (χ0) is 25.5. The van der Waals surface area contributed by atoms with Gasteiger partial charge in [0.1, 0.15) is 13.2 Å². The Morgan fingerprint density at radius 2 is 1.56 bits per heavy atom. The molecule has 3 aromatic carbocycles. The number of hydrogen-bond acceptors (Lipinski definition) is 7. The van der Waals surface area contributed by atoms with E-state index in [4.69, 9.17) is 30.5 Å². The highest BCUT2D eigenvalue weighted by Crippen LogP contribution is 2.35. The summed E-state index contributed by atoms with van der Waals surface area (Å²) < 4.78 is 22.3. The number of methoxy groups -OCH3 is 2. The Hall–Kier alpha value is -3.62. The van der Waals surface area contributed by atoms with Crippen LogP contribution < -0.4 is 18.9 Å². The van der Waals surface area contributed by atoms with E-state index in [0.717, 1.165) is 17.3 Å². The SMILES string of the molecule is COc1ccccc1OCCN1C(=O)S/C(=C\c2ccc(OC)c(OCc3ccccc3Cl)c2)C1=O. The summed E-state index contributed by atoms with van der Waals surface area (Å²) in [5.74, 6) is 1.79. The predicted octanol–water partition coefficient (Wildman–Crippen LogP) is 6.05. The summed E-state index contributed by atoms with van der Waals surface area (Å²) >= 11 is 7.11. The molecule has 9 heteroatoms. The number of ether oxygens (including phenoxy) is 4. The van der Waals surface area contributed by atoms with Gasteiger partial charge in [-0.05, 0) is 53.7 Å². The third-order valence-corrected chi connectivity index (χ3v) is 6.62. The second-order valence-corrected chi connectivity index (χ2v) is 9.02. The maximum atomic E-state index is 12.9. The molecule has 0 aliphatic carbocycles. The maximum Gasteiger partial charge on any atom is 0.293 e. The second-order valence-electron chi connectivity index (χ2n) is 7.62. The lowest BCUT2D eigenvalue weighted by molar-refractivity contribution is -0.123. The van der Waals surface area contributed by atoms with Gasteiger partial charge in [0.05, 0.1) is 25.7 Å². The summed E-state index contributed by atoms with van der Waals surface area (Å²) in [4.78, 5) is 26.9. The highest BCUT2D eigenvalue weighted by atomic mass is 35.5. The van der Waals surface area contributed by atoms with Crippen molar-refractivity contribution in [1.82, 2.24) is 4.90 Å². The molecule has 0 radical (unpaired) electrons. The van der Waals surface area contributed by atoms with E-state index in [-0.39, 0.29) is 30.9 Å². The number of hydrogen-bond donors (Lipinski definition) is 0. The lowest BCUT2D eigenvalue weighted by Gasteiger charge is -2.14. The Labute approximate surface area is 218 Å². The number of halogens is 1. The normalized spacial score (nSPS) is 14.3. The smallest absolute Gasteiger partial charge is 0.293 e. The summed E-state index contributed by atoms with van der Waals surface area (Å²) in [5.41, 5.74) is 1.53. The molecule has 186 valence electrons. The Morgan fingerprint density at radius 1 is 0.861 bits per heavy atom. The lowest BCUT2D eigenvalue weighted by atomic mass is 10.1. The van der Waals surface area contributed by atoms with Crippen molar-refractivity contribution >= 4 is 40.6 Å². The summed E-state index contributed by atoms with van der Waals surface area (Å²) in [7, 11) is 3.10. The average molecular weight is 526 g/mol. The Balaban J connectivity index is 1.43. The van der Waals surface area contributed by atoms with Crippen LogP contribution in [0.4, 0.5) is 4.79 Å². The van der Waals surface area contributed by atoms with Crippen LogP contribution in [0.15, 0.2) is 71.6 Å². The van der Waals surface area contributed by atoms with Gasteiger partial charge < -0.3 is 18.9 Å². The molecule has 1 fully saturated rings. The molecule has 1 heterocycles. The van der Waals surface area contributed by atoms with Crippen LogP contribution in [0.3, 0.4) is 0 Å². The molecule has 0 bridgehead atoms. The average Bonchev–Trinajstić information content (AvgIpc) is 3.16. The minimum atomic E-state index is -0.372. The van der Waals surface area contributed by atoms with Crippen molar-refractivity contribution < 1.29 is 28.5 Å². The van der Waals surface area contributed by atoms with Gasteiger partial charge in [-0.2, -0.15) is 0 Å². The second kappa shape index (κ2) is 11.9. The van der Waals surface area contributed by atoms with E-state index in [2.05, 4.69) is 0 Å². The van der Waals surface area contributed by atoms with Gasteiger partial charge in [0.15, 0.2) is 23.0 Å². The molecular formula is C27H24ClNO6S. The predicted molar refractivity (Wildman–Crippen MR) is 140 cm³/mol. The monoisotopic (exact) mass is 525 g/mol. The molecule has 2 amide bonds. The van der Waals surface area contributed by atoms with Gasteiger partial charge in [0.25, 0.3) is 11.1 Å². The maximum absolute atomic E-state index is 12.9. The van der Waals surface area contributed by atoms with Crippen LogP contribution >= 0.6 is 23.4 Å². The number of benzene rings is 3. The number of nitrogens with zero attached hydrogens (tertiary/aromatic N) is 1. The van der Waals surface area contributed by atoms with Crippen molar-refractivity contribution in [2.45, 2.75) is 6.61 Å². The van der Waals surface area contributed by atoms with Crippen molar-refractivity contribution in [3.8, 4) is 23.0 Å². The van der Waals surface area contributed by atoms with Crippen LogP contribution in [-0.2, 0) is 11.4 Å². The molecule has 1 saturated heterocycles. The van der Waals surface area contributed by atoms with Gasteiger partial charge in [-0.15, -0.1) is 0 Å². The molecular weight excluding hydrogens is 502 g/mol. The van der Waals surface area contributed by atoms with Crippen LogP contribution in [0, 0.1) is 0 Å². The summed E-state index contributed by atoms with van der Waals surface area (Å²) in [6.07, 6.45) is 1.66. The largest absolute Gasteiger partial charge is 0.493 e. The van der Waals surface area contributed by atoms with Gasteiger partial charge in [0.2, 0.25) is 0 Å². The molecule has 4 rings (SSSR count). The van der Waals surface area contributed by atoms with E-state index in [0.29, 0.717) is 38.5 Å². The van der Waals surface area contributed by atoms with Crippen LogP contribution in [0.1, 0.15) is 11.1 Å². The number of para-hydroxylation sites is 2. The fraction of sp³-hybridized carbons (Fsp3) is 0.185. The van der Waals surface area contributed by atoms with Gasteiger partial charge in [-0.3, -0.25) is 14.5 Å². The molecule has 7 nitrogen and oxygen atoms in total.